The summed E-state index contributed by atoms with van der Waals surface area (Å²) in [6, 6.07) is -2.74. The van der Waals surface area contributed by atoms with Crippen molar-refractivity contribution in [3.8, 4) is 0 Å². The molecule has 3 fully saturated rings. The smallest absolute Gasteiger partial charge is 0.364 e. The fourth-order valence-electron chi connectivity index (χ4n) is 6.20. The van der Waals surface area contributed by atoms with E-state index >= 15 is 0 Å². The van der Waals surface area contributed by atoms with Crippen molar-refractivity contribution < 1.29 is 93.9 Å². The van der Waals surface area contributed by atoms with Gasteiger partial charge in [-0.15, -0.1) is 0 Å². The van der Waals surface area contributed by atoms with E-state index in [4.69, 9.17) is 34.2 Å². The SMILES string of the molecule is CC(=O)N[C@H]1[C@H](OCCCCCN)O[C@H](CO)[C@@H](O[C@@H]2O[C@H](CO[C@]3(C(=O)O)C[C@H](O)[C@@H](NC(C)=O)[C@H]([C@@H](O)[C@H](O)CO)O3)[C@H](O)[C@H](O)[C@H]2O)[C@@H]1O. The van der Waals surface area contributed by atoms with Crippen molar-refractivity contribution in [3.05, 3.63) is 0 Å². The number of carboxylic acids is 1. The molecule has 0 aromatic carbocycles. The van der Waals surface area contributed by atoms with Crippen LogP contribution in [0.2, 0.25) is 0 Å². The molecule has 0 radical (unpaired) electrons. The summed E-state index contributed by atoms with van der Waals surface area (Å²) in [5.74, 6) is -6.00. The molecule has 3 saturated heterocycles. The fourth-order valence-corrected chi connectivity index (χ4v) is 6.20. The summed E-state index contributed by atoms with van der Waals surface area (Å²) in [5, 5.41) is 109. The van der Waals surface area contributed by atoms with Crippen molar-refractivity contribution >= 4 is 17.8 Å². The van der Waals surface area contributed by atoms with E-state index in [1.165, 1.54) is 6.92 Å². The van der Waals surface area contributed by atoms with Crippen molar-refractivity contribution in [2.75, 3.05) is 33.0 Å². The van der Waals surface area contributed by atoms with Crippen molar-refractivity contribution in [1.29, 1.82) is 0 Å². The highest BCUT2D eigenvalue weighted by molar-refractivity contribution is 5.76. The van der Waals surface area contributed by atoms with E-state index in [-0.39, 0.29) is 6.61 Å². The predicted octanol–water partition coefficient (Wildman–Crippen LogP) is -6.93. The van der Waals surface area contributed by atoms with Gasteiger partial charge in [0.25, 0.3) is 5.79 Å². The Morgan fingerprint density at radius 3 is 2.08 bits per heavy atom. The van der Waals surface area contributed by atoms with Crippen LogP contribution in [-0.2, 0) is 42.8 Å². The number of nitrogens with one attached hydrogen (secondary N) is 2. The summed E-state index contributed by atoms with van der Waals surface area (Å²) < 4.78 is 34.0. The van der Waals surface area contributed by atoms with E-state index in [0.717, 1.165) is 19.8 Å². The summed E-state index contributed by atoms with van der Waals surface area (Å²) in [7, 11) is 0. The molecule has 3 heterocycles. The van der Waals surface area contributed by atoms with Crippen LogP contribution in [0.3, 0.4) is 0 Å². The van der Waals surface area contributed by atoms with Crippen LogP contribution in [0.1, 0.15) is 39.5 Å². The number of hydrogen-bond acceptors (Lipinski definition) is 19. The first-order valence-electron chi connectivity index (χ1n) is 16.9. The zero-order valence-corrected chi connectivity index (χ0v) is 28.7. The molecule has 0 aromatic rings. The summed E-state index contributed by atoms with van der Waals surface area (Å²) in [5.41, 5.74) is 5.51. The van der Waals surface area contributed by atoms with E-state index in [1.54, 1.807) is 0 Å². The molecule has 0 bridgehead atoms. The predicted molar refractivity (Wildman–Crippen MR) is 168 cm³/mol. The standard InChI is InChI=1S/C30H53N3O19/c1-12(36)32-18-14(38)8-30(29(45)46,52-26(18)20(40)15(39)9-34)48-11-17-21(41)23(43)24(44)28(50-17)51-25-16(10-35)49-27(47-7-5-3-4-6-31)19(22(25)42)33-13(2)37/h14-28,34-35,38-44H,3-11,31H2,1-2H3,(H,32,36)(H,33,37)(H,45,46)/t14-,15+,16+,17+,18+,19+,20-,21-,22+,23-,24+,25+,26+,27+,28-,30+/m0/s1. The minimum absolute atomic E-state index is 0.154. The van der Waals surface area contributed by atoms with Gasteiger partial charge in [0.05, 0.1) is 32.0 Å². The fraction of sp³-hybridized carbons (Fsp3) is 0.900. The molecule has 16 atom stereocenters. The monoisotopic (exact) mass is 759 g/mol. The maximum atomic E-state index is 12.5. The lowest BCUT2D eigenvalue weighted by Gasteiger charge is -2.48. The summed E-state index contributed by atoms with van der Waals surface area (Å²) in [6.07, 6.45) is -21.9. The van der Waals surface area contributed by atoms with E-state index in [9.17, 15) is 65.4 Å². The summed E-state index contributed by atoms with van der Waals surface area (Å²) in [6.45, 7) is 0.134. The second-order valence-electron chi connectivity index (χ2n) is 13.0. The van der Waals surface area contributed by atoms with Crippen LogP contribution in [0, 0.1) is 0 Å². The number of aliphatic hydroxyl groups is 9. The van der Waals surface area contributed by atoms with E-state index < -0.39 is 142 Å². The molecule has 0 aliphatic carbocycles. The van der Waals surface area contributed by atoms with Crippen molar-refractivity contribution in [2.45, 2.75) is 137 Å². The first kappa shape index (κ1) is 44.2. The summed E-state index contributed by atoms with van der Waals surface area (Å²) in [4.78, 5) is 36.3. The number of aliphatic hydroxyl groups excluding tert-OH is 9. The molecule has 0 saturated carbocycles. The Hall–Kier alpha value is -2.23. The van der Waals surface area contributed by atoms with Crippen LogP contribution in [-0.4, -0.2) is 199 Å². The molecule has 14 N–H and O–H groups in total. The summed E-state index contributed by atoms with van der Waals surface area (Å²) >= 11 is 0. The molecule has 52 heavy (non-hydrogen) atoms. The van der Waals surface area contributed by atoms with Crippen LogP contribution >= 0.6 is 0 Å². The molecule has 3 aliphatic heterocycles. The van der Waals surface area contributed by atoms with Gasteiger partial charge in [-0.3, -0.25) is 9.59 Å². The number of amides is 2. The molecule has 0 spiro atoms. The van der Waals surface area contributed by atoms with Crippen LogP contribution in [0.15, 0.2) is 0 Å². The Morgan fingerprint density at radius 2 is 1.50 bits per heavy atom. The van der Waals surface area contributed by atoms with Crippen LogP contribution in [0.4, 0.5) is 0 Å². The molecule has 2 amide bonds. The Kier molecular flexibility index (Phi) is 16.9. The number of aliphatic carboxylic acids is 1. The Bertz CT molecular complexity index is 1160. The number of carbonyl (C=O) groups excluding carboxylic acids is 2. The lowest BCUT2D eigenvalue weighted by molar-refractivity contribution is -0.360. The highest BCUT2D eigenvalue weighted by atomic mass is 16.8. The van der Waals surface area contributed by atoms with E-state index in [2.05, 4.69) is 10.6 Å². The van der Waals surface area contributed by atoms with Gasteiger partial charge >= 0.3 is 5.97 Å². The quantitative estimate of drug-likeness (QED) is 0.0577. The zero-order chi connectivity index (χ0) is 38.9. The lowest BCUT2D eigenvalue weighted by atomic mass is 9.88. The van der Waals surface area contributed by atoms with Crippen molar-refractivity contribution in [1.82, 2.24) is 10.6 Å². The van der Waals surface area contributed by atoms with Crippen LogP contribution in [0.5, 0.6) is 0 Å². The number of rotatable bonds is 18. The second-order valence-corrected chi connectivity index (χ2v) is 13.0. The second kappa shape index (κ2) is 19.9. The third-order valence-corrected chi connectivity index (χ3v) is 8.98. The maximum Gasteiger partial charge on any atom is 0.364 e. The molecule has 3 rings (SSSR count). The average molecular weight is 760 g/mol. The Balaban J connectivity index is 1.81. The van der Waals surface area contributed by atoms with Gasteiger partial charge in [0.15, 0.2) is 12.6 Å². The van der Waals surface area contributed by atoms with E-state index in [1.807, 2.05) is 0 Å². The minimum atomic E-state index is -2.84. The lowest BCUT2D eigenvalue weighted by Crippen LogP contribution is -2.69. The zero-order valence-electron chi connectivity index (χ0n) is 28.7. The molecule has 22 heteroatoms. The Labute approximate surface area is 298 Å². The first-order chi connectivity index (χ1) is 24.5. The molecule has 22 nitrogen and oxygen atoms in total. The van der Waals surface area contributed by atoms with Gasteiger partial charge in [-0.1, -0.05) is 0 Å². The number of hydrogen-bond donors (Lipinski definition) is 13. The van der Waals surface area contributed by atoms with Gasteiger partial charge in [-0.05, 0) is 25.8 Å². The van der Waals surface area contributed by atoms with Crippen LogP contribution in [0.25, 0.3) is 0 Å². The van der Waals surface area contributed by atoms with Gasteiger partial charge in [0, 0.05) is 26.9 Å². The maximum absolute atomic E-state index is 12.5. The first-order valence-corrected chi connectivity index (χ1v) is 16.9. The highest BCUT2D eigenvalue weighted by Crippen LogP contribution is 2.35. The molecule has 302 valence electrons. The van der Waals surface area contributed by atoms with Gasteiger partial charge in [0.1, 0.15) is 67.1 Å². The number of unbranched alkanes of at least 4 members (excludes halogenated alkanes) is 2. The van der Waals surface area contributed by atoms with Gasteiger partial charge in [-0.2, -0.15) is 0 Å². The normalized spacial score (nSPS) is 39.3. The van der Waals surface area contributed by atoms with Crippen LogP contribution < -0.4 is 16.4 Å². The molecule has 0 aromatic heterocycles. The van der Waals surface area contributed by atoms with Crippen molar-refractivity contribution in [2.24, 2.45) is 5.73 Å². The number of ether oxygens (including phenoxy) is 6. The van der Waals surface area contributed by atoms with Gasteiger partial charge < -0.3 is 95.9 Å². The van der Waals surface area contributed by atoms with E-state index in [0.29, 0.717) is 13.0 Å². The highest BCUT2D eigenvalue weighted by Gasteiger charge is 2.57. The third kappa shape index (κ3) is 10.7. The minimum Gasteiger partial charge on any atom is -0.477 e. The van der Waals surface area contributed by atoms with Gasteiger partial charge in [-0.25, -0.2) is 4.79 Å². The van der Waals surface area contributed by atoms with Gasteiger partial charge in [0.2, 0.25) is 11.8 Å². The molecule has 0 unspecified atom stereocenters. The Morgan fingerprint density at radius 1 is 0.865 bits per heavy atom. The van der Waals surface area contributed by atoms with Crippen molar-refractivity contribution in [3.63, 3.8) is 0 Å². The molecular formula is C30H53N3O19. The molecule has 3 aliphatic rings. The topological polar surface area (TPSA) is 359 Å². The largest absolute Gasteiger partial charge is 0.477 e. The number of carboxylic acid groups (broad SMARTS) is 1. The third-order valence-electron chi connectivity index (χ3n) is 8.98. The average Bonchev–Trinajstić information content (AvgIpc) is 3.09. The number of nitrogens with two attached hydrogens (primary N) is 1. The number of carbonyl (C=O) groups is 3. The molecular weight excluding hydrogens is 706 g/mol.